The molecular weight excluding hydrogens is 334 g/mol. The second-order valence-corrected chi connectivity index (χ2v) is 7.58. The van der Waals surface area contributed by atoms with E-state index in [1.165, 1.54) is 10.1 Å². The number of hydrogen-bond donors (Lipinski definition) is 2. The molecule has 1 aliphatic rings. The minimum atomic E-state index is -0.191. The molecule has 7 heteroatoms. The fourth-order valence-electron chi connectivity index (χ4n) is 3.32. The van der Waals surface area contributed by atoms with Gasteiger partial charge in [-0.3, -0.25) is 4.79 Å². The first-order valence-electron chi connectivity index (χ1n) is 8.61. The van der Waals surface area contributed by atoms with Crippen molar-refractivity contribution >= 4 is 27.3 Å². The molecule has 4 rings (SSSR count). The minimum absolute atomic E-state index is 0.191. The number of hydrogen-bond acceptors (Lipinski definition) is 5. The summed E-state index contributed by atoms with van der Waals surface area (Å²) in [7, 11) is 0. The van der Waals surface area contributed by atoms with Gasteiger partial charge in [-0.15, -0.1) is 16.4 Å². The van der Waals surface area contributed by atoms with Crippen LogP contribution >= 0.6 is 11.3 Å². The topological polar surface area (TPSA) is 85.8 Å². The summed E-state index contributed by atoms with van der Waals surface area (Å²) in [5.74, 6) is -0.191. The Balaban J connectivity index is 1.38. The highest BCUT2D eigenvalue weighted by molar-refractivity contribution is 7.17. The van der Waals surface area contributed by atoms with Crippen LogP contribution in [0.3, 0.4) is 0 Å². The number of nitrogens with two attached hydrogens (primary N) is 1. The Bertz CT molecular complexity index is 878. The van der Waals surface area contributed by atoms with Crippen molar-refractivity contribution in [3.8, 4) is 0 Å². The molecule has 0 saturated heterocycles. The van der Waals surface area contributed by atoms with E-state index in [-0.39, 0.29) is 5.91 Å². The zero-order valence-electron chi connectivity index (χ0n) is 13.9. The normalized spacial score (nSPS) is 20.7. The largest absolute Gasteiger partial charge is 0.347 e. The molecule has 25 heavy (non-hydrogen) atoms. The van der Waals surface area contributed by atoms with Gasteiger partial charge in [0.15, 0.2) is 5.69 Å². The standard InChI is InChI=1S/C18H21N5OS/c19-14-2-4-15(5-3-14)23-11-16(21-22-23)18(24)20-10-12-1-6-17-13(9-12)7-8-25-17/h1,6-9,11,14-15H,2-5,10,19H2,(H,20,24). The lowest BCUT2D eigenvalue weighted by Gasteiger charge is -2.25. The van der Waals surface area contributed by atoms with Gasteiger partial charge < -0.3 is 11.1 Å². The maximum Gasteiger partial charge on any atom is 0.273 e. The molecule has 2 aromatic heterocycles. The first-order chi connectivity index (χ1) is 12.2. The molecule has 0 spiro atoms. The lowest BCUT2D eigenvalue weighted by molar-refractivity contribution is 0.0946. The van der Waals surface area contributed by atoms with Crippen LogP contribution in [0.5, 0.6) is 0 Å². The molecular formula is C18H21N5OS. The third kappa shape index (κ3) is 3.57. The Morgan fingerprint density at radius 2 is 2.12 bits per heavy atom. The molecule has 2 heterocycles. The number of thiophene rings is 1. The van der Waals surface area contributed by atoms with E-state index < -0.39 is 0 Å². The van der Waals surface area contributed by atoms with Crippen LogP contribution in [-0.2, 0) is 6.54 Å². The van der Waals surface area contributed by atoms with Crippen LogP contribution in [-0.4, -0.2) is 26.9 Å². The van der Waals surface area contributed by atoms with Gasteiger partial charge in [-0.25, -0.2) is 4.68 Å². The Labute approximate surface area is 150 Å². The summed E-state index contributed by atoms with van der Waals surface area (Å²) >= 11 is 1.72. The van der Waals surface area contributed by atoms with Crippen LogP contribution in [0.2, 0.25) is 0 Å². The average molecular weight is 355 g/mol. The number of benzene rings is 1. The monoisotopic (exact) mass is 355 g/mol. The van der Waals surface area contributed by atoms with Gasteiger partial charge in [-0.2, -0.15) is 0 Å². The molecule has 0 aliphatic heterocycles. The molecule has 1 fully saturated rings. The molecule has 0 radical (unpaired) electrons. The first kappa shape index (κ1) is 16.2. The van der Waals surface area contributed by atoms with Gasteiger partial charge in [0.25, 0.3) is 5.91 Å². The van der Waals surface area contributed by atoms with E-state index in [9.17, 15) is 4.79 Å². The molecule has 0 bridgehead atoms. The third-order valence-corrected chi connectivity index (χ3v) is 5.73. The van der Waals surface area contributed by atoms with Crippen molar-refractivity contribution < 1.29 is 4.79 Å². The average Bonchev–Trinajstić information content (AvgIpc) is 3.29. The van der Waals surface area contributed by atoms with Crippen molar-refractivity contribution in [2.45, 2.75) is 44.3 Å². The number of aromatic nitrogens is 3. The summed E-state index contributed by atoms with van der Waals surface area (Å²) in [6.07, 6.45) is 5.73. The van der Waals surface area contributed by atoms with Gasteiger partial charge in [-0.05, 0) is 60.2 Å². The Kier molecular flexibility index (Phi) is 4.50. The summed E-state index contributed by atoms with van der Waals surface area (Å²) < 4.78 is 3.07. The predicted octanol–water partition coefficient (Wildman–Crippen LogP) is 2.87. The smallest absolute Gasteiger partial charge is 0.273 e. The van der Waals surface area contributed by atoms with E-state index in [1.807, 2.05) is 10.7 Å². The van der Waals surface area contributed by atoms with Crippen molar-refractivity contribution in [2.24, 2.45) is 5.73 Å². The molecule has 0 atom stereocenters. The Morgan fingerprint density at radius 1 is 1.28 bits per heavy atom. The summed E-state index contributed by atoms with van der Waals surface area (Å²) in [5, 5.41) is 14.4. The number of nitrogens with one attached hydrogen (secondary N) is 1. The third-order valence-electron chi connectivity index (χ3n) is 4.83. The van der Waals surface area contributed by atoms with Crippen molar-refractivity contribution in [1.29, 1.82) is 0 Å². The highest BCUT2D eigenvalue weighted by Gasteiger charge is 2.22. The lowest BCUT2D eigenvalue weighted by Crippen LogP contribution is -2.28. The van der Waals surface area contributed by atoms with E-state index >= 15 is 0 Å². The summed E-state index contributed by atoms with van der Waals surface area (Å²) in [5.41, 5.74) is 7.39. The van der Waals surface area contributed by atoms with Gasteiger partial charge in [0.05, 0.1) is 12.2 Å². The zero-order valence-corrected chi connectivity index (χ0v) is 14.7. The highest BCUT2D eigenvalue weighted by Crippen LogP contribution is 2.26. The van der Waals surface area contributed by atoms with E-state index in [0.717, 1.165) is 31.2 Å². The lowest BCUT2D eigenvalue weighted by atomic mass is 9.92. The van der Waals surface area contributed by atoms with E-state index in [2.05, 4.69) is 39.2 Å². The predicted molar refractivity (Wildman–Crippen MR) is 98.5 cm³/mol. The van der Waals surface area contributed by atoms with Crippen LogP contribution in [0.25, 0.3) is 10.1 Å². The molecule has 1 saturated carbocycles. The van der Waals surface area contributed by atoms with Gasteiger partial charge in [-0.1, -0.05) is 11.3 Å². The van der Waals surface area contributed by atoms with Crippen molar-refractivity contribution in [2.75, 3.05) is 0 Å². The molecule has 1 amide bonds. The maximum absolute atomic E-state index is 12.3. The number of nitrogens with zero attached hydrogens (tertiary/aromatic N) is 3. The molecule has 1 aliphatic carbocycles. The maximum atomic E-state index is 12.3. The van der Waals surface area contributed by atoms with Crippen LogP contribution in [0.1, 0.15) is 47.8 Å². The molecule has 3 aromatic rings. The number of fused-ring (bicyclic) bond motifs is 1. The number of rotatable bonds is 4. The van der Waals surface area contributed by atoms with Gasteiger partial charge in [0, 0.05) is 17.3 Å². The fraction of sp³-hybridized carbons (Fsp3) is 0.389. The second-order valence-electron chi connectivity index (χ2n) is 6.63. The quantitative estimate of drug-likeness (QED) is 0.753. The highest BCUT2D eigenvalue weighted by atomic mass is 32.1. The van der Waals surface area contributed by atoms with Gasteiger partial charge >= 0.3 is 0 Å². The molecule has 1 aromatic carbocycles. The van der Waals surface area contributed by atoms with Crippen LogP contribution < -0.4 is 11.1 Å². The number of amides is 1. The summed E-state index contributed by atoms with van der Waals surface area (Å²) in [4.78, 5) is 12.3. The number of carbonyl (C=O) groups excluding carboxylic acids is 1. The van der Waals surface area contributed by atoms with Crippen LogP contribution in [0.4, 0.5) is 0 Å². The molecule has 0 unspecified atom stereocenters. The second kappa shape index (κ2) is 6.93. The minimum Gasteiger partial charge on any atom is -0.347 e. The van der Waals surface area contributed by atoms with E-state index in [1.54, 1.807) is 17.5 Å². The van der Waals surface area contributed by atoms with E-state index in [0.29, 0.717) is 24.3 Å². The Hall–Kier alpha value is -2.25. The van der Waals surface area contributed by atoms with E-state index in [4.69, 9.17) is 5.73 Å². The summed E-state index contributed by atoms with van der Waals surface area (Å²) in [6.45, 7) is 0.482. The first-order valence-corrected chi connectivity index (χ1v) is 9.49. The van der Waals surface area contributed by atoms with Crippen molar-refractivity contribution in [3.05, 3.63) is 47.1 Å². The number of carbonyl (C=O) groups is 1. The fourth-order valence-corrected chi connectivity index (χ4v) is 4.10. The molecule has 130 valence electrons. The zero-order chi connectivity index (χ0) is 17.2. The molecule has 3 N–H and O–H groups in total. The Morgan fingerprint density at radius 3 is 2.96 bits per heavy atom. The molecule has 6 nitrogen and oxygen atoms in total. The SMILES string of the molecule is NC1CCC(n2cc(C(=O)NCc3ccc4sccc4c3)nn2)CC1. The van der Waals surface area contributed by atoms with Crippen LogP contribution in [0.15, 0.2) is 35.8 Å². The van der Waals surface area contributed by atoms with Crippen LogP contribution in [0, 0.1) is 0 Å². The van der Waals surface area contributed by atoms with Crippen molar-refractivity contribution in [1.82, 2.24) is 20.3 Å². The van der Waals surface area contributed by atoms with Gasteiger partial charge in [0.2, 0.25) is 0 Å². The van der Waals surface area contributed by atoms with Gasteiger partial charge in [0.1, 0.15) is 0 Å². The summed E-state index contributed by atoms with van der Waals surface area (Å²) in [6, 6.07) is 8.92. The van der Waals surface area contributed by atoms with Crippen molar-refractivity contribution in [3.63, 3.8) is 0 Å².